The van der Waals surface area contributed by atoms with E-state index in [1.807, 2.05) is 0 Å². The van der Waals surface area contributed by atoms with Crippen molar-refractivity contribution in [1.29, 1.82) is 0 Å². The van der Waals surface area contributed by atoms with Crippen LogP contribution >= 0.6 is 0 Å². The Labute approximate surface area is 90.5 Å². The first-order valence-corrected chi connectivity index (χ1v) is 6.27. The first-order chi connectivity index (χ1) is 6.27. The Morgan fingerprint density at radius 1 is 1.21 bits per heavy atom. The van der Waals surface area contributed by atoms with E-state index < -0.39 is 0 Å². The molecule has 1 rings (SSSR count). The molecule has 1 saturated carbocycles. The fourth-order valence-electron chi connectivity index (χ4n) is 3.34. The van der Waals surface area contributed by atoms with Crippen LogP contribution in [0.4, 0.5) is 0 Å². The molecule has 0 radical (unpaired) electrons. The van der Waals surface area contributed by atoms with Crippen LogP contribution in [0.5, 0.6) is 0 Å². The van der Waals surface area contributed by atoms with Gasteiger partial charge in [0.2, 0.25) is 0 Å². The number of hydrogen-bond donors (Lipinski definition) is 0. The monoisotopic (exact) mass is 196 g/mol. The molecule has 0 heteroatoms. The summed E-state index contributed by atoms with van der Waals surface area (Å²) in [4.78, 5) is 0. The summed E-state index contributed by atoms with van der Waals surface area (Å²) in [6, 6.07) is 0. The maximum Gasteiger partial charge on any atom is -0.0241 e. The molecule has 1 aliphatic rings. The van der Waals surface area contributed by atoms with Crippen LogP contribution in [0.15, 0.2) is 0 Å². The summed E-state index contributed by atoms with van der Waals surface area (Å²) >= 11 is 0. The summed E-state index contributed by atoms with van der Waals surface area (Å²) in [5.41, 5.74) is 1.11. The van der Waals surface area contributed by atoms with Crippen molar-refractivity contribution in [3.8, 4) is 0 Å². The van der Waals surface area contributed by atoms with Crippen molar-refractivity contribution in [2.45, 2.75) is 61.3 Å². The van der Waals surface area contributed by atoms with Gasteiger partial charge in [0.15, 0.2) is 0 Å². The zero-order valence-electron chi connectivity index (χ0n) is 11.1. The van der Waals surface area contributed by atoms with Crippen LogP contribution in [0.25, 0.3) is 0 Å². The van der Waals surface area contributed by atoms with E-state index in [-0.39, 0.29) is 0 Å². The summed E-state index contributed by atoms with van der Waals surface area (Å²) in [6.45, 7) is 17.0. The van der Waals surface area contributed by atoms with Gasteiger partial charge in [0.1, 0.15) is 0 Å². The second-order valence-electron chi connectivity index (χ2n) is 6.42. The van der Waals surface area contributed by atoms with Gasteiger partial charge in [-0.25, -0.2) is 0 Å². The highest BCUT2D eigenvalue weighted by Gasteiger charge is 2.57. The minimum absolute atomic E-state index is 0.538. The minimum Gasteiger partial charge on any atom is -0.0651 e. The van der Waals surface area contributed by atoms with Gasteiger partial charge in [-0.05, 0) is 35.0 Å². The quantitative estimate of drug-likeness (QED) is 0.611. The van der Waals surface area contributed by atoms with E-state index in [1.165, 1.54) is 12.8 Å². The van der Waals surface area contributed by atoms with Crippen LogP contribution in [-0.4, -0.2) is 0 Å². The minimum atomic E-state index is 0.538. The van der Waals surface area contributed by atoms with Crippen molar-refractivity contribution in [1.82, 2.24) is 0 Å². The van der Waals surface area contributed by atoms with Gasteiger partial charge in [-0.15, -0.1) is 0 Å². The van der Waals surface area contributed by atoms with Gasteiger partial charge < -0.3 is 0 Å². The lowest BCUT2D eigenvalue weighted by atomic mass is 9.41. The second kappa shape index (κ2) is 3.54. The van der Waals surface area contributed by atoms with Gasteiger partial charge in [-0.2, -0.15) is 0 Å². The summed E-state index contributed by atoms with van der Waals surface area (Å²) in [5.74, 6) is 2.63. The molecule has 0 nitrogen and oxygen atoms in total. The van der Waals surface area contributed by atoms with Gasteiger partial charge in [-0.1, -0.05) is 54.9 Å². The van der Waals surface area contributed by atoms with Crippen LogP contribution < -0.4 is 0 Å². The van der Waals surface area contributed by atoms with E-state index in [2.05, 4.69) is 48.5 Å². The first-order valence-electron chi connectivity index (χ1n) is 6.27. The standard InChI is InChI=1S/C14H28/c1-8-10(2)12(4)14(7)9-11(3)13(14,5)6/h10-12H,8-9H2,1-7H3. The molecule has 0 saturated heterocycles. The maximum atomic E-state index is 2.50. The predicted octanol–water partition coefficient (Wildman–Crippen LogP) is 4.74. The fourth-order valence-corrected chi connectivity index (χ4v) is 3.34. The molecule has 4 atom stereocenters. The average Bonchev–Trinajstić information content (AvgIpc) is 2.15. The highest BCUT2D eigenvalue weighted by atomic mass is 14.6. The molecule has 0 aliphatic heterocycles. The lowest BCUT2D eigenvalue weighted by Crippen LogP contribution is -2.56. The van der Waals surface area contributed by atoms with Gasteiger partial charge in [0, 0.05) is 0 Å². The lowest BCUT2D eigenvalue weighted by molar-refractivity contribution is -0.146. The Bertz CT molecular complexity index is 204. The molecule has 14 heavy (non-hydrogen) atoms. The van der Waals surface area contributed by atoms with E-state index in [9.17, 15) is 0 Å². The van der Waals surface area contributed by atoms with E-state index in [1.54, 1.807) is 0 Å². The molecule has 0 aromatic carbocycles. The Morgan fingerprint density at radius 2 is 1.71 bits per heavy atom. The SMILES string of the molecule is CCC(C)C(C)C1(C)CC(C)C1(C)C. The Hall–Kier alpha value is 0. The highest BCUT2D eigenvalue weighted by molar-refractivity contribution is 5.06. The zero-order chi connectivity index (χ0) is 11.1. The van der Waals surface area contributed by atoms with Crippen LogP contribution in [0, 0.1) is 28.6 Å². The molecular formula is C14H28. The number of hydrogen-bond acceptors (Lipinski definition) is 0. The van der Waals surface area contributed by atoms with Crippen LogP contribution in [0.1, 0.15) is 61.3 Å². The molecule has 0 bridgehead atoms. The molecule has 0 amide bonds. The Balaban J connectivity index is 2.78. The topological polar surface area (TPSA) is 0 Å². The van der Waals surface area contributed by atoms with Crippen molar-refractivity contribution < 1.29 is 0 Å². The second-order valence-corrected chi connectivity index (χ2v) is 6.42. The molecule has 1 aliphatic carbocycles. The van der Waals surface area contributed by atoms with Crippen molar-refractivity contribution in [2.24, 2.45) is 28.6 Å². The normalized spacial score (nSPS) is 40.1. The van der Waals surface area contributed by atoms with Crippen LogP contribution in [0.3, 0.4) is 0 Å². The molecule has 0 aromatic heterocycles. The van der Waals surface area contributed by atoms with Crippen molar-refractivity contribution in [3.63, 3.8) is 0 Å². The largest absolute Gasteiger partial charge is 0.0651 e. The third kappa shape index (κ3) is 1.42. The van der Waals surface area contributed by atoms with Gasteiger partial charge in [0.25, 0.3) is 0 Å². The van der Waals surface area contributed by atoms with Gasteiger partial charge in [-0.3, -0.25) is 0 Å². The smallest absolute Gasteiger partial charge is 0.0241 e. The van der Waals surface area contributed by atoms with Crippen molar-refractivity contribution in [2.75, 3.05) is 0 Å². The van der Waals surface area contributed by atoms with Crippen LogP contribution in [0.2, 0.25) is 0 Å². The lowest BCUT2D eigenvalue weighted by Gasteiger charge is -2.63. The molecule has 4 unspecified atom stereocenters. The van der Waals surface area contributed by atoms with E-state index in [4.69, 9.17) is 0 Å². The van der Waals surface area contributed by atoms with Gasteiger partial charge >= 0.3 is 0 Å². The molecule has 0 aromatic rings. The Kier molecular flexibility index (Phi) is 3.05. The van der Waals surface area contributed by atoms with Crippen LogP contribution in [-0.2, 0) is 0 Å². The third-order valence-corrected chi connectivity index (χ3v) is 5.94. The van der Waals surface area contributed by atoms with Crippen molar-refractivity contribution >= 4 is 0 Å². The average molecular weight is 196 g/mol. The summed E-state index contributed by atoms with van der Waals surface area (Å²) < 4.78 is 0. The molecule has 1 fully saturated rings. The maximum absolute atomic E-state index is 2.50. The molecule has 0 spiro atoms. The van der Waals surface area contributed by atoms with Crippen molar-refractivity contribution in [3.05, 3.63) is 0 Å². The molecule has 0 N–H and O–H groups in total. The van der Waals surface area contributed by atoms with Gasteiger partial charge in [0.05, 0.1) is 0 Å². The third-order valence-electron chi connectivity index (χ3n) is 5.94. The molecule has 84 valence electrons. The van der Waals surface area contributed by atoms with E-state index in [0.29, 0.717) is 10.8 Å². The van der Waals surface area contributed by atoms with E-state index in [0.717, 1.165) is 17.8 Å². The predicted molar refractivity (Wildman–Crippen MR) is 64.3 cm³/mol. The summed E-state index contributed by atoms with van der Waals surface area (Å²) in [6.07, 6.45) is 2.74. The molecular weight excluding hydrogens is 168 g/mol. The first kappa shape index (κ1) is 12.1. The fraction of sp³-hybridized carbons (Fsp3) is 1.00. The zero-order valence-corrected chi connectivity index (χ0v) is 11.1. The highest BCUT2D eigenvalue weighted by Crippen LogP contribution is 2.64. The number of rotatable bonds is 3. The van der Waals surface area contributed by atoms with E-state index >= 15 is 0 Å². The summed E-state index contributed by atoms with van der Waals surface area (Å²) in [7, 11) is 0. The summed E-state index contributed by atoms with van der Waals surface area (Å²) in [5, 5.41) is 0. The molecule has 0 heterocycles. The Morgan fingerprint density at radius 3 is 2.00 bits per heavy atom.